The number of hydrogen-bond donors (Lipinski definition) is 1. The van der Waals surface area contributed by atoms with Gasteiger partial charge in [-0.2, -0.15) is 0 Å². The highest BCUT2D eigenvalue weighted by Crippen LogP contribution is 2.21. The van der Waals surface area contributed by atoms with Gasteiger partial charge in [-0.15, -0.1) is 0 Å². The van der Waals surface area contributed by atoms with Gasteiger partial charge in [-0.05, 0) is 44.4 Å². The number of anilines is 1. The lowest BCUT2D eigenvalue weighted by atomic mass is 10.1. The van der Waals surface area contributed by atoms with Crippen LogP contribution in [0.1, 0.15) is 25.3 Å². The predicted molar refractivity (Wildman–Crippen MR) is 108 cm³/mol. The molecule has 0 aliphatic carbocycles. The van der Waals surface area contributed by atoms with E-state index in [0.717, 1.165) is 63.4 Å². The smallest absolute Gasteiger partial charge is 0.241 e. The summed E-state index contributed by atoms with van der Waals surface area (Å²) in [7, 11) is 0. The van der Waals surface area contributed by atoms with E-state index in [0.29, 0.717) is 11.6 Å². The molecule has 0 unspecified atom stereocenters. The summed E-state index contributed by atoms with van der Waals surface area (Å²) in [6, 6.07) is 5.28. The van der Waals surface area contributed by atoms with Crippen LogP contribution in [-0.2, 0) is 9.59 Å². The van der Waals surface area contributed by atoms with Crippen LogP contribution in [-0.4, -0.2) is 78.4 Å². The molecule has 0 radical (unpaired) electrons. The summed E-state index contributed by atoms with van der Waals surface area (Å²) in [5, 5.41) is 3.60. The molecule has 2 saturated heterocycles. The van der Waals surface area contributed by atoms with Crippen molar-refractivity contribution in [2.45, 2.75) is 32.7 Å². The van der Waals surface area contributed by atoms with Gasteiger partial charge in [0.2, 0.25) is 11.8 Å². The Morgan fingerprint density at radius 2 is 1.78 bits per heavy atom. The van der Waals surface area contributed by atoms with Crippen LogP contribution in [0.2, 0.25) is 5.02 Å². The third-order valence-electron chi connectivity index (χ3n) is 5.61. The molecule has 2 aliphatic rings. The van der Waals surface area contributed by atoms with Crippen molar-refractivity contribution < 1.29 is 9.59 Å². The summed E-state index contributed by atoms with van der Waals surface area (Å²) < 4.78 is 0. The Morgan fingerprint density at radius 1 is 1.11 bits per heavy atom. The molecule has 6 nitrogen and oxygen atoms in total. The van der Waals surface area contributed by atoms with Gasteiger partial charge in [0.1, 0.15) is 0 Å². The molecule has 3 rings (SSSR count). The van der Waals surface area contributed by atoms with Gasteiger partial charge in [-0.3, -0.25) is 19.4 Å². The van der Waals surface area contributed by atoms with Gasteiger partial charge in [-0.1, -0.05) is 17.7 Å². The molecule has 1 aromatic rings. The van der Waals surface area contributed by atoms with Crippen LogP contribution in [0.3, 0.4) is 0 Å². The highest BCUT2D eigenvalue weighted by atomic mass is 35.5. The maximum atomic E-state index is 12.6. The maximum Gasteiger partial charge on any atom is 0.241 e. The Kier molecular flexibility index (Phi) is 6.73. The number of carbonyl (C=O) groups is 2. The summed E-state index contributed by atoms with van der Waals surface area (Å²) in [5.74, 6) is 0.213. The lowest BCUT2D eigenvalue weighted by Gasteiger charge is -2.37. The average Bonchev–Trinajstić information content (AvgIpc) is 3.19. The fraction of sp³-hybridized carbons (Fsp3) is 0.600. The van der Waals surface area contributed by atoms with Crippen LogP contribution in [0.5, 0.6) is 0 Å². The lowest BCUT2D eigenvalue weighted by Crippen LogP contribution is -2.54. The molecule has 1 aromatic carbocycles. The van der Waals surface area contributed by atoms with Gasteiger partial charge in [0.25, 0.3) is 0 Å². The van der Waals surface area contributed by atoms with Gasteiger partial charge in [0, 0.05) is 50.0 Å². The van der Waals surface area contributed by atoms with E-state index in [2.05, 4.69) is 15.1 Å². The summed E-state index contributed by atoms with van der Waals surface area (Å²) in [5.41, 5.74) is 1.75. The largest absolute Gasteiger partial charge is 0.342 e. The first-order valence-corrected chi connectivity index (χ1v) is 10.1. The average molecular weight is 393 g/mol. The van der Waals surface area contributed by atoms with Crippen molar-refractivity contribution >= 4 is 29.1 Å². The van der Waals surface area contributed by atoms with E-state index in [1.807, 2.05) is 30.9 Å². The SMILES string of the molecule is Cc1ccc(Cl)cc1NC(=O)[C@@H](C)N1CCN(CC(=O)N2CCCC2)CC1. The third-order valence-corrected chi connectivity index (χ3v) is 5.84. The molecule has 148 valence electrons. The van der Waals surface area contributed by atoms with Gasteiger partial charge in [-0.25, -0.2) is 0 Å². The van der Waals surface area contributed by atoms with E-state index in [4.69, 9.17) is 11.6 Å². The lowest BCUT2D eigenvalue weighted by molar-refractivity contribution is -0.132. The number of nitrogens with one attached hydrogen (secondary N) is 1. The van der Waals surface area contributed by atoms with E-state index >= 15 is 0 Å². The van der Waals surface area contributed by atoms with Crippen LogP contribution in [0, 0.1) is 6.92 Å². The second-order valence-corrected chi connectivity index (χ2v) is 7.96. The first-order valence-electron chi connectivity index (χ1n) is 9.75. The first-order chi connectivity index (χ1) is 12.9. The molecule has 2 aliphatic heterocycles. The molecule has 1 atom stereocenters. The third kappa shape index (κ3) is 5.21. The summed E-state index contributed by atoms with van der Waals surface area (Å²) >= 11 is 6.03. The molecule has 2 fully saturated rings. The van der Waals surface area contributed by atoms with Crippen LogP contribution in [0.25, 0.3) is 0 Å². The summed E-state index contributed by atoms with van der Waals surface area (Å²) in [4.78, 5) is 31.3. The Hall–Kier alpha value is -1.63. The molecule has 0 aromatic heterocycles. The monoisotopic (exact) mass is 392 g/mol. The Balaban J connectivity index is 1.47. The van der Waals surface area contributed by atoms with E-state index < -0.39 is 0 Å². The second-order valence-electron chi connectivity index (χ2n) is 7.52. The second kappa shape index (κ2) is 9.04. The molecular formula is C20H29ClN4O2. The highest BCUT2D eigenvalue weighted by Gasteiger charge is 2.28. The van der Waals surface area contributed by atoms with E-state index in [1.165, 1.54) is 0 Å². The molecule has 2 amide bonds. The Morgan fingerprint density at radius 3 is 2.44 bits per heavy atom. The van der Waals surface area contributed by atoms with E-state index in [9.17, 15) is 9.59 Å². The fourth-order valence-electron chi connectivity index (χ4n) is 3.70. The van der Waals surface area contributed by atoms with Crippen LogP contribution >= 0.6 is 11.6 Å². The minimum Gasteiger partial charge on any atom is -0.342 e. The minimum absolute atomic E-state index is 0.0260. The standard InChI is InChI=1S/C20H29ClN4O2/c1-15-5-6-17(21)13-18(15)22-20(27)16(2)24-11-9-23(10-12-24)14-19(26)25-7-3-4-8-25/h5-6,13,16H,3-4,7-12,14H2,1-2H3,(H,22,27)/t16-/m1/s1. The van der Waals surface area contributed by atoms with Crippen molar-refractivity contribution in [1.82, 2.24) is 14.7 Å². The highest BCUT2D eigenvalue weighted by molar-refractivity contribution is 6.31. The number of halogens is 1. The van der Waals surface area contributed by atoms with Crippen LogP contribution < -0.4 is 5.32 Å². The quantitative estimate of drug-likeness (QED) is 0.834. The first kappa shape index (κ1) is 20.1. The van der Waals surface area contributed by atoms with Crippen molar-refractivity contribution in [2.75, 3.05) is 51.1 Å². The number of piperazine rings is 1. The molecule has 2 heterocycles. The van der Waals surface area contributed by atoms with Crippen LogP contribution in [0.4, 0.5) is 5.69 Å². The molecule has 1 N–H and O–H groups in total. The zero-order valence-corrected chi connectivity index (χ0v) is 17.0. The number of carbonyl (C=O) groups excluding carboxylic acids is 2. The van der Waals surface area contributed by atoms with E-state index in [1.54, 1.807) is 6.07 Å². The van der Waals surface area contributed by atoms with Crippen molar-refractivity contribution in [3.63, 3.8) is 0 Å². The zero-order valence-electron chi connectivity index (χ0n) is 16.2. The van der Waals surface area contributed by atoms with Gasteiger partial charge in [0.05, 0.1) is 12.6 Å². The van der Waals surface area contributed by atoms with Crippen molar-refractivity contribution in [3.05, 3.63) is 28.8 Å². The molecule has 0 spiro atoms. The molecular weight excluding hydrogens is 364 g/mol. The number of rotatable bonds is 5. The van der Waals surface area contributed by atoms with Crippen LogP contribution in [0.15, 0.2) is 18.2 Å². The van der Waals surface area contributed by atoms with Crippen molar-refractivity contribution in [1.29, 1.82) is 0 Å². The number of nitrogens with zero attached hydrogens (tertiary/aromatic N) is 3. The number of aryl methyl sites for hydroxylation is 1. The molecule has 0 bridgehead atoms. The maximum absolute atomic E-state index is 12.6. The van der Waals surface area contributed by atoms with E-state index in [-0.39, 0.29) is 17.9 Å². The summed E-state index contributed by atoms with van der Waals surface area (Å²) in [6.45, 7) is 9.38. The molecule has 7 heteroatoms. The topological polar surface area (TPSA) is 55.9 Å². The van der Waals surface area contributed by atoms with Crippen molar-refractivity contribution in [3.8, 4) is 0 Å². The fourth-order valence-corrected chi connectivity index (χ4v) is 3.87. The number of benzene rings is 1. The predicted octanol–water partition coefficient (Wildman–Crippen LogP) is 2.22. The van der Waals surface area contributed by atoms with Crippen molar-refractivity contribution in [2.24, 2.45) is 0 Å². The normalized spacial score (nSPS) is 19.9. The number of hydrogen-bond acceptors (Lipinski definition) is 4. The minimum atomic E-state index is -0.222. The summed E-state index contributed by atoms with van der Waals surface area (Å²) in [6.07, 6.45) is 2.25. The number of amides is 2. The zero-order chi connectivity index (χ0) is 19.4. The Bertz CT molecular complexity index is 683. The van der Waals surface area contributed by atoms with Gasteiger partial charge < -0.3 is 10.2 Å². The molecule has 0 saturated carbocycles. The molecule has 27 heavy (non-hydrogen) atoms. The van der Waals surface area contributed by atoms with Gasteiger partial charge >= 0.3 is 0 Å². The van der Waals surface area contributed by atoms with Gasteiger partial charge in [0.15, 0.2) is 0 Å². The Labute approximate surface area is 166 Å². The number of likely N-dealkylation sites (tertiary alicyclic amines) is 1.